The minimum atomic E-state index is -0.355. The van der Waals surface area contributed by atoms with E-state index in [1.807, 2.05) is 42.5 Å². The maximum Gasteiger partial charge on any atom is 0.308 e. The van der Waals surface area contributed by atoms with Crippen LogP contribution in [0.3, 0.4) is 0 Å². The van der Waals surface area contributed by atoms with Crippen LogP contribution in [0.5, 0.6) is 11.5 Å². The Morgan fingerprint density at radius 3 is 2.53 bits per heavy atom. The summed E-state index contributed by atoms with van der Waals surface area (Å²) in [5, 5.41) is 0. The molecule has 0 atom stereocenters. The second-order valence-corrected chi connectivity index (χ2v) is 5.20. The molecule has 0 aliphatic rings. The monoisotopic (exact) mass is 368 g/mol. The maximum absolute atomic E-state index is 11.1. The van der Waals surface area contributed by atoms with Crippen LogP contribution in [0.15, 0.2) is 48.5 Å². The predicted molar refractivity (Wildman–Crippen MR) is 81.2 cm³/mol. The van der Waals surface area contributed by atoms with Crippen molar-refractivity contribution in [3.05, 3.63) is 57.7 Å². The normalized spacial score (nSPS) is 10.0. The van der Waals surface area contributed by atoms with Gasteiger partial charge in [-0.15, -0.1) is 0 Å². The van der Waals surface area contributed by atoms with E-state index in [4.69, 9.17) is 9.47 Å². The summed E-state index contributed by atoms with van der Waals surface area (Å²) in [4.78, 5) is 11.1. The minimum absolute atomic E-state index is 0.355. The van der Waals surface area contributed by atoms with Gasteiger partial charge < -0.3 is 9.47 Å². The number of esters is 1. The lowest BCUT2D eigenvalue weighted by Crippen LogP contribution is -2.04. The zero-order valence-electron chi connectivity index (χ0n) is 10.4. The van der Waals surface area contributed by atoms with E-state index in [9.17, 15) is 4.79 Å². The van der Waals surface area contributed by atoms with Crippen LogP contribution in [0.1, 0.15) is 12.5 Å². The summed E-state index contributed by atoms with van der Waals surface area (Å²) in [5.41, 5.74) is 1.06. The molecular weight excluding hydrogens is 355 g/mol. The molecule has 4 heteroatoms. The Kier molecular flexibility index (Phi) is 4.79. The van der Waals surface area contributed by atoms with E-state index in [0.29, 0.717) is 18.1 Å². The second-order valence-electron chi connectivity index (χ2n) is 3.96. The van der Waals surface area contributed by atoms with Crippen molar-refractivity contribution >= 4 is 28.6 Å². The van der Waals surface area contributed by atoms with Crippen molar-refractivity contribution in [2.24, 2.45) is 0 Å². The lowest BCUT2D eigenvalue weighted by atomic mass is 10.2. The summed E-state index contributed by atoms with van der Waals surface area (Å²) in [6.07, 6.45) is 0. The average Bonchev–Trinajstić information content (AvgIpc) is 2.38. The van der Waals surface area contributed by atoms with Crippen LogP contribution in [-0.2, 0) is 11.4 Å². The fraction of sp³-hybridized carbons (Fsp3) is 0.133. The van der Waals surface area contributed by atoms with Gasteiger partial charge in [-0.25, -0.2) is 0 Å². The van der Waals surface area contributed by atoms with Crippen molar-refractivity contribution in [3.8, 4) is 11.5 Å². The summed E-state index contributed by atoms with van der Waals surface area (Å²) >= 11 is 2.16. The van der Waals surface area contributed by atoms with Gasteiger partial charge >= 0.3 is 5.97 Å². The van der Waals surface area contributed by atoms with E-state index in [2.05, 4.69) is 22.6 Å². The highest BCUT2D eigenvalue weighted by molar-refractivity contribution is 14.1. The first kappa shape index (κ1) is 13.9. The van der Waals surface area contributed by atoms with E-state index in [1.54, 1.807) is 6.07 Å². The summed E-state index contributed by atoms with van der Waals surface area (Å²) in [5.74, 6) is 0.668. The molecule has 0 heterocycles. The summed E-state index contributed by atoms with van der Waals surface area (Å²) in [6, 6.07) is 15.3. The van der Waals surface area contributed by atoms with Gasteiger partial charge in [0, 0.05) is 10.5 Å². The molecular formula is C15H13IO3. The number of halogens is 1. The molecule has 0 saturated carbocycles. The van der Waals surface area contributed by atoms with Crippen LogP contribution >= 0.6 is 22.6 Å². The first-order chi connectivity index (χ1) is 9.15. The van der Waals surface area contributed by atoms with Crippen LogP contribution in [-0.4, -0.2) is 5.97 Å². The van der Waals surface area contributed by atoms with E-state index in [-0.39, 0.29) is 5.97 Å². The number of hydrogen-bond donors (Lipinski definition) is 0. The van der Waals surface area contributed by atoms with Gasteiger partial charge in [0.05, 0.1) is 0 Å². The quantitative estimate of drug-likeness (QED) is 0.468. The Morgan fingerprint density at radius 1 is 1.11 bits per heavy atom. The zero-order valence-corrected chi connectivity index (χ0v) is 12.6. The Hall–Kier alpha value is -1.56. The molecule has 2 aromatic carbocycles. The average molecular weight is 368 g/mol. The number of carbonyl (C=O) groups is 1. The van der Waals surface area contributed by atoms with Crippen molar-refractivity contribution < 1.29 is 14.3 Å². The van der Waals surface area contributed by atoms with Crippen LogP contribution in [0.4, 0.5) is 0 Å². The minimum Gasteiger partial charge on any atom is -0.485 e. The van der Waals surface area contributed by atoms with E-state index >= 15 is 0 Å². The van der Waals surface area contributed by atoms with Gasteiger partial charge in [-0.3, -0.25) is 4.79 Å². The number of carbonyl (C=O) groups excluding carboxylic acids is 1. The molecule has 2 aromatic rings. The van der Waals surface area contributed by atoms with Crippen LogP contribution < -0.4 is 9.47 Å². The van der Waals surface area contributed by atoms with Crippen LogP contribution in [0.2, 0.25) is 0 Å². The highest BCUT2D eigenvalue weighted by atomic mass is 127. The molecule has 98 valence electrons. The van der Waals surface area contributed by atoms with E-state index in [1.165, 1.54) is 6.92 Å². The van der Waals surface area contributed by atoms with Gasteiger partial charge in [-0.05, 0) is 46.4 Å². The lowest BCUT2D eigenvalue weighted by Gasteiger charge is -2.11. The second kappa shape index (κ2) is 6.56. The number of rotatable bonds is 4. The first-order valence-corrected chi connectivity index (χ1v) is 6.88. The first-order valence-electron chi connectivity index (χ1n) is 5.80. The highest BCUT2D eigenvalue weighted by Gasteiger charge is 2.08. The largest absolute Gasteiger partial charge is 0.485 e. The number of hydrogen-bond acceptors (Lipinski definition) is 3. The zero-order chi connectivity index (χ0) is 13.7. The van der Waals surface area contributed by atoms with Crippen LogP contribution in [0.25, 0.3) is 0 Å². The van der Waals surface area contributed by atoms with E-state index in [0.717, 1.165) is 9.13 Å². The molecule has 2 rings (SSSR count). The van der Waals surface area contributed by atoms with Gasteiger partial charge in [0.15, 0.2) is 11.5 Å². The van der Waals surface area contributed by atoms with Gasteiger partial charge in [0.2, 0.25) is 0 Å². The summed E-state index contributed by atoms with van der Waals surface area (Å²) < 4.78 is 11.8. The Balaban J connectivity index is 2.13. The fourth-order valence-electron chi connectivity index (χ4n) is 1.57. The molecule has 19 heavy (non-hydrogen) atoms. The smallest absolute Gasteiger partial charge is 0.308 e. The van der Waals surface area contributed by atoms with Crippen LogP contribution in [0, 0.1) is 3.57 Å². The molecule has 0 aliphatic heterocycles. The van der Waals surface area contributed by atoms with Gasteiger partial charge in [0.25, 0.3) is 0 Å². The molecule has 0 unspecified atom stereocenters. The molecule has 0 aromatic heterocycles. The molecule has 0 fully saturated rings. The molecule has 0 aliphatic carbocycles. The Bertz CT molecular complexity index is 567. The molecule has 0 bridgehead atoms. The molecule has 0 saturated heterocycles. The SMILES string of the molecule is CC(=O)Oc1cc(I)ccc1OCc1ccccc1. The molecule has 0 radical (unpaired) electrons. The topological polar surface area (TPSA) is 35.5 Å². The Morgan fingerprint density at radius 2 is 1.84 bits per heavy atom. The Labute approximate surface area is 125 Å². The third kappa shape index (κ3) is 4.24. The van der Waals surface area contributed by atoms with Gasteiger partial charge in [-0.2, -0.15) is 0 Å². The molecule has 0 spiro atoms. The summed E-state index contributed by atoms with van der Waals surface area (Å²) in [6.45, 7) is 1.82. The van der Waals surface area contributed by atoms with Crippen molar-refractivity contribution in [1.29, 1.82) is 0 Å². The predicted octanol–water partition coefficient (Wildman–Crippen LogP) is 3.80. The summed E-state index contributed by atoms with van der Waals surface area (Å²) in [7, 11) is 0. The van der Waals surface area contributed by atoms with Crippen molar-refractivity contribution in [2.75, 3.05) is 0 Å². The van der Waals surface area contributed by atoms with Crippen molar-refractivity contribution in [3.63, 3.8) is 0 Å². The highest BCUT2D eigenvalue weighted by Crippen LogP contribution is 2.29. The van der Waals surface area contributed by atoms with Crippen molar-refractivity contribution in [2.45, 2.75) is 13.5 Å². The fourth-order valence-corrected chi connectivity index (χ4v) is 2.03. The molecule has 3 nitrogen and oxygen atoms in total. The molecule has 0 amide bonds. The number of benzene rings is 2. The van der Waals surface area contributed by atoms with Gasteiger partial charge in [-0.1, -0.05) is 30.3 Å². The third-order valence-corrected chi connectivity index (χ3v) is 3.07. The van der Waals surface area contributed by atoms with E-state index < -0.39 is 0 Å². The van der Waals surface area contributed by atoms with Crippen molar-refractivity contribution in [1.82, 2.24) is 0 Å². The number of ether oxygens (including phenoxy) is 2. The lowest BCUT2D eigenvalue weighted by molar-refractivity contribution is -0.132. The molecule has 0 N–H and O–H groups in total. The maximum atomic E-state index is 11.1. The van der Waals surface area contributed by atoms with Gasteiger partial charge in [0.1, 0.15) is 6.61 Å². The third-order valence-electron chi connectivity index (χ3n) is 2.40. The standard InChI is InChI=1S/C15H13IO3/c1-11(17)19-15-9-13(16)7-8-14(15)18-10-12-5-3-2-4-6-12/h2-9H,10H2,1H3.